The molecule has 0 saturated carbocycles. The molecule has 37 heavy (non-hydrogen) atoms. The Balaban J connectivity index is 0.000000245. The molecule has 8 heteroatoms. The average Bonchev–Trinajstić information content (AvgIpc) is 3.35. The lowest BCUT2D eigenvalue weighted by Crippen LogP contribution is -2.57. The second-order valence-electron chi connectivity index (χ2n) is 11.0. The van der Waals surface area contributed by atoms with E-state index in [0.29, 0.717) is 11.7 Å². The fourth-order valence-electron chi connectivity index (χ4n) is 4.83. The molecule has 3 aliphatic heterocycles. The molecule has 6 rings (SSSR count). The van der Waals surface area contributed by atoms with E-state index in [0.717, 1.165) is 23.4 Å². The van der Waals surface area contributed by atoms with Crippen molar-refractivity contribution in [3.63, 3.8) is 0 Å². The van der Waals surface area contributed by atoms with Gasteiger partial charge in [-0.05, 0) is 74.0 Å². The van der Waals surface area contributed by atoms with Crippen LogP contribution in [-0.4, -0.2) is 49.5 Å². The zero-order valence-corrected chi connectivity index (χ0v) is 22.7. The highest BCUT2D eigenvalue weighted by Gasteiger charge is 2.35. The molecule has 1 amide bonds. The molecule has 3 aromatic rings. The molecule has 7 nitrogen and oxygen atoms in total. The summed E-state index contributed by atoms with van der Waals surface area (Å²) in [5, 5.41) is 3.19. The lowest BCUT2D eigenvalue weighted by molar-refractivity contribution is 0.0606. The summed E-state index contributed by atoms with van der Waals surface area (Å²) in [6.07, 6.45) is 2.38. The first-order valence-corrected chi connectivity index (χ1v) is 14.1. The van der Waals surface area contributed by atoms with E-state index < -0.39 is 10.1 Å². The van der Waals surface area contributed by atoms with Gasteiger partial charge in [-0.3, -0.25) is 9.35 Å². The molecule has 1 aromatic heterocycles. The number of carbonyl (C=O) groups excluding carboxylic acids is 1. The van der Waals surface area contributed by atoms with Crippen molar-refractivity contribution >= 4 is 16.0 Å². The molecule has 0 spiro atoms. The van der Waals surface area contributed by atoms with Crippen LogP contribution in [0.3, 0.4) is 0 Å². The Morgan fingerprint density at radius 3 is 2.11 bits per heavy atom. The molecule has 198 valence electrons. The largest absolute Gasteiger partial charge is 0.451 e. The second kappa shape index (κ2) is 10.8. The summed E-state index contributed by atoms with van der Waals surface area (Å²) in [7, 11) is -4.02. The van der Waals surface area contributed by atoms with Crippen molar-refractivity contribution < 1.29 is 22.2 Å². The lowest BCUT2D eigenvalue weighted by atomic mass is 9.84. The molecule has 0 aliphatic carbocycles. The third kappa shape index (κ3) is 6.89. The summed E-state index contributed by atoms with van der Waals surface area (Å²) in [5.74, 6) is 1.66. The van der Waals surface area contributed by atoms with Gasteiger partial charge >= 0.3 is 0 Å². The molecule has 0 unspecified atom stereocenters. The number of aryl methyl sites for hydroxylation is 1. The molecule has 2 aromatic carbocycles. The van der Waals surface area contributed by atoms with Gasteiger partial charge in [0.15, 0.2) is 5.76 Å². The minimum absolute atomic E-state index is 0.0666. The van der Waals surface area contributed by atoms with Gasteiger partial charge in [-0.1, -0.05) is 62.7 Å². The van der Waals surface area contributed by atoms with E-state index in [4.69, 9.17) is 8.97 Å². The third-order valence-electron chi connectivity index (χ3n) is 7.16. The number of hydrogen-bond acceptors (Lipinski definition) is 5. The van der Waals surface area contributed by atoms with Gasteiger partial charge < -0.3 is 14.6 Å². The number of benzene rings is 2. The number of carbonyl (C=O) groups is 1. The van der Waals surface area contributed by atoms with E-state index in [1.807, 2.05) is 13.0 Å². The minimum Gasteiger partial charge on any atom is -0.451 e. The van der Waals surface area contributed by atoms with Crippen molar-refractivity contribution in [3.8, 4) is 11.3 Å². The number of hydrogen-bond donors (Lipinski definition) is 2. The maximum absolute atomic E-state index is 12.6. The first kappa shape index (κ1) is 27.1. The average molecular weight is 525 g/mol. The standard InChI is InChI=1S/C22H28N2O2.C7H8O3S/c1-22(2,3)17-6-4-16(5-7-17)19-8-9-20(26-19)21(25)23-18-14-24-12-10-15(18)11-13-24;1-6-2-4-7(5-3-6)11(8,9)10/h4-9,15,18H,10-14H2,1-3H3,(H,23,25);2-5H,1H3,(H,8,9,10)/t18-;/m0./s1. The van der Waals surface area contributed by atoms with Gasteiger partial charge in [0.1, 0.15) is 5.76 Å². The van der Waals surface area contributed by atoms with E-state index >= 15 is 0 Å². The topological polar surface area (TPSA) is 99.9 Å². The van der Waals surface area contributed by atoms with Gasteiger partial charge in [0, 0.05) is 18.2 Å². The number of piperidine rings is 3. The van der Waals surface area contributed by atoms with E-state index in [2.05, 4.69) is 55.3 Å². The second-order valence-corrected chi connectivity index (χ2v) is 12.4. The van der Waals surface area contributed by atoms with Crippen LogP contribution in [0.4, 0.5) is 0 Å². The van der Waals surface area contributed by atoms with E-state index in [1.54, 1.807) is 18.2 Å². The highest BCUT2D eigenvalue weighted by atomic mass is 32.2. The van der Waals surface area contributed by atoms with Crippen molar-refractivity contribution in [2.45, 2.75) is 56.9 Å². The maximum Gasteiger partial charge on any atom is 0.294 e. The zero-order chi connectivity index (χ0) is 26.8. The number of nitrogens with zero attached hydrogens (tertiary/aromatic N) is 1. The molecule has 1 atom stereocenters. The number of furan rings is 1. The lowest BCUT2D eigenvalue weighted by Gasteiger charge is -2.44. The Morgan fingerprint density at radius 1 is 0.973 bits per heavy atom. The van der Waals surface area contributed by atoms with Crippen LogP contribution in [0, 0.1) is 12.8 Å². The van der Waals surface area contributed by atoms with Gasteiger partial charge in [0.2, 0.25) is 0 Å². The van der Waals surface area contributed by atoms with Crippen molar-refractivity contribution in [1.82, 2.24) is 10.2 Å². The maximum atomic E-state index is 12.6. The van der Waals surface area contributed by atoms with Crippen LogP contribution in [0.1, 0.15) is 55.3 Å². The molecule has 3 fully saturated rings. The van der Waals surface area contributed by atoms with E-state index in [9.17, 15) is 13.2 Å². The molecule has 0 radical (unpaired) electrons. The van der Waals surface area contributed by atoms with Crippen LogP contribution in [0.15, 0.2) is 70.0 Å². The monoisotopic (exact) mass is 524 g/mol. The van der Waals surface area contributed by atoms with Gasteiger partial charge in [-0.2, -0.15) is 8.42 Å². The van der Waals surface area contributed by atoms with E-state index in [-0.39, 0.29) is 22.3 Å². The highest BCUT2D eigenvalue weighted by molar-refractivity contribution is 7.85. The summed E-state index contributed by atoms with van der Waals surface area (Å²) >= 11 is 0. The SMILES string of the molecule is CC(C)(C)c1ccc(-c2ccc(C(=O)N[C@H]3CN4CCC3CC4)o2)cc1.Cc1ccc(S(=O)(=O)O)cc1. The van der Waals surface area contributed by atoms with Crippen molar-refractivity contribution in [2.24, 2.45) is 5.92 Å². The predicted molar refractivity (Wildman–Crippen MR) is 144 cm³/mol. The van der Waals surface area contributed by atoms with Crippen LogP contribution in [-0.2, 0) is 15.5 Å². The Bertz CT molecular complexity index is 1310. The molecule has 3 saturated heterocycles. The van der Waals surface area contributed by atoms with Gasteiger partial charge in [0.05, 0.1) is 4.90 Å². The molecule has 3 aliphatic rings. The predicted octanol–water partition coefficient (Wildman–Crippen LogP) is 5.31. The third-order valence-corrected chi connectivity index (χ3v) is 8.02. The quantitative estimate of drug-likeness (QED) is 0.449. The summed E-state index contributed by atoms with van der Waals surface area (Å²) < 4.78 is 35.4. The van der Waals surface area contributed by atoms with Crippen LogP contribution in [0.2, 0.25) is 0 Å². The Hall–Kier alpha value is -2.94. The number of fused-ring (bicyclic) bond motifs is 3. The summed E-state index contributed by atoms with van der Waals surface area (Å²) in [5.41, 5.74) is 3.37. The Labute approximate surface area is 219 Å². The van der Waals surface area contributed by atoms with Crippen molar-refractivity contribution in [1.29, 1.82) is 0 Å². The summed E-state index contributed by atoms with van der Waals surface area (Å²) in [4.78, 5) is 15.0. The van der Waals surface area contributed by atoms with Gasteiger partial charge in [-0.15, -0.1) is 0 Å². The number of nitrogens with one attached hydrogen (secondary N) is 1. The van der Waals surface area contributed by atoms with E-state index in [1.165, 1.54) is 43.6 Å². The minimum atomic E-state index is -4.02. The van der Waals surface area contributed by atoms with Crippen LogP contribution < -0.4 is 5.32 Å². The summed E-state index contributed by atoms with van der Waals surface area (Å²) in [6.45, 7) is 11.8. The fraction of sp³-hybridized carbons (Fsp3) is 0.414. The summed E-state index contributed by atoms with van der Waals surface area (Å²) in [6, 6.07) is 18.3. The normalized spacial score (nSPS) is 21.2. The smallest absolute Gasteiger partial charge is 0.294 e. The van der Waals surface area contributed by atoms with Crippen molar-refractivity contribution in [2.75, 3.05) is 19.6 Å². The molecular formula is C29H36N2O5S. The van der Waals surface area contributed by atoms with Gasteiger partial charge in [0.25, 0.3) is 16.0 Å². The van der Waals surface area contributed by atoms with Crippen LogP contribution >= 0.6 is 0 Å². The number of amides is 1. The van der Waals surface area contributed by atoms with Crippen LogP contribution in [0.5, 0.6) is 0 Å². The first-order valence-electron chi connectivity index (χ1n) is 12.7. The molecule has 2 N–H and O–H groups in total. The molecule has 2 bridgehead atoms. The van der Waals surface area contributed by atoms with Crippen LogP contribution in [0.25, 0.3) is 11.3 Å². The Kier molecular flexibility index (Phi) is 7.92. The highest BCUT2D eigenvalue weighted by Crippen LogP contribution is 2.29. The Morgan fingerprint density at radius 2 is 1.59 bits per heavy atom. The first-order chi connectivity index (χ1) is 17.4. The van der Waals surface area contributed by atoms with Gasteiger partial charge in [-0.25, -0.2) is 0 Å². The number of rotatable bonds is 4. The van der Waals surface area contributed by atoms with Crippen molar-refractivity contribution in [3.05, 3.63) is 77.6 Å². The zero-order valence-electron chi connectivity index (χ0n) is 21.9. The molecule has 4 heterocycles. The fourth-order valence-corrected chi connectivity index (χ4v) is 5.31. The molecular weight excluding hydrogens is 488 g/mol.